The number of aromatic amines is 2. The molecule has 2 saturated heterocycles. The van der Waals surface area contributed by atoms with E-state index in [4.69, 9.17) is 26.0 Å². The van der Waals surface area contributed by atoms with Gasteiger partial charge in [0.05, 0.1) is 24.0 Å². The second kappa shape index (κ2) is 20.8. The molecular weight excluding hydrogens is 845 g/mol. The molecule has 0 unspecified atom stereocenters. The maximum Gasteiger partial charge on any atom is 0.408 e. The zero-order valence-corrected chi connectivity index (χ0v) is 42.1. The summed E-state index contributed by atoms with van der Waals surface area (Å²) >= 11 is 0. The number of fused-ring (bicyclic) bond motifs is 5. The van der Waals surface area contributed by atoms with E-state index in [9.17, 15) is 19.2 Å². The Kier molecular flexibility index (Phi) is 15.5. The highest BCUT2D eigenvalue weighted by Gasteiger charge is 2.40. The number of allylic oxidation sites excluding steroid dienone is 5. The van der Waals surface area contributed by atoms with Gasteiger partial charge in [0, 0.05) is 36.5 Å². The summed E-state index contributed by atoms with van der Waals surface area (Å²) < 4.78 is 11.0. The van der Waals surface area contributed by atoms with Crippen LogP contribution in [0.15, 0.2) is 42.3 Å². The van der Waals surface area contributed by atoms with Crippen LogP contribution in [0.4, 0.5) is 9.59 Å². The molecule has 0 radical (unpaired) electrons. The third-order valence-corrected chi connectivity index (χ3v) is 14.8. The van der Waals surface area contributed by atoms with Crippen LogP contribution in [0.25, 0.3) is 5.57 Å². The summed E-state index contributed by atoms with van der Waals surface area (Å²) in [6.45, 7) is 24.6. The molecule has 0 aromatic carbocycles. The van der Waals surface area contributed by atoms with Gasteiger partial charge in [0.25, 0.3) is 0 Å². The summed E-state index contributed by atoms with van der Waals surface area (Å²) in [6, 6.07) is -1.78. The van der Waals surface area contributed by atoms with Crippen molar-refractivity contribution in [2.24, 2.45) is 29.6 Å². The van der Waals surface area contributed by atoms with Crippen molar-refractivity contribution in [3.63, 3.8) is 0 Å². The van der Waals surface area contributed by atoms with E-state index in [2.05, 4.69) is 32.8 Å². The largest absolute Gasteiger partial charge is 0.444 e. The number of alkyl carbamates (subject to hydrolysis) is 2. The van der Waals surface area contributed by atoms with Crippen molar-refractivity contribution >= 4 is 29.6 Å². The van der Waals surface area contributed by atoms with E-state index in [1.807, 2.05) is 91.4 Å². The number of hydrogen-bond acceptors (Lipinski definition) is 8. The fraction of sp³-hybridized carbons (Fsp3) is 0.698. The summed E-state index contributed by atoms with van der Waals surface area (Å²) in [4.78, 5) is 74.5. The predicted molar refractivity (Wildman–Crippen MR) is 261 cm³/mol. The number of likely N-dealkylation sites (tertiary alicyclic amines) is 2. The van der Waals surface area contributed by atoms with Gasteiger partial charge in [-0.05, 0) is 160 Å². The maximum absolute atomic E-state index is 14.1. The van der Waals surface area contributed by atoms with Crippen LogP contribution in [0.5, 0.6) is 0 Å². The average molecular weight is 925 g/mol. The van der Waals surface area contributed by atoms with Gasteiger partial charge in [-0.25, -0.2) is 19.6 Å². The van der Waals surface area contributed by atoms with Gasteiger partial charge in [0.2, 0.25) is 11.8 Å². The number of carbonyl (C=O) groups excluding carboxylic acids is 4. The SMILES string of the molecule is C=C1/C(c2cnc([C@@H]3CCCN3C(=O)[C@@H](NC(=O)OC(C)(C)C)C(C)C)[nH]2)=C\C=C(\C2CCC(c3cnc([C@@H]4CCCN4C(=O)[C@@H](NC(=O)OC(C)(C)C)C(C)C)[nH]3)CC2)CC2CCC1CC2. The van der Waals surface area contributed by atoms with E-state index < -0.39 is 35.5 Å². The molecule has 4 amide bonds. The van der Waals surface area contributed by atoms with E-state index in [1.165, 1.54) is 18.4 Å². The molecule has 4 atom stereocenters. The normalized spacial score (nSPS) is 27.6. The van der Waals surface area contributed by atoms with E-state index in [0.29, 0.717) is 36.8 Å². The van der Waals surface area contributed by atoms with Gasteiger partial charge in [-0.3, -0.25) is 9.59 Å². The molecule has 4 N–H and O–H groups in total. The van der Waals surface area contributed by atoms with Gasteiger partial charge in [0.15, 0.2) is 0 Å². The molecule has 2 aromatic rings. The lowest BCUT2D eigenvalue weighted by molar-refractivity contribution is -0.136. The van der Waals surface area contributed by atoms with Crippen LogP contribution in [0.2, 0.25) is 0 Å². The Hall–Kier alpha value is -4.88. The number of rotatable bonds is 11. The van der Waals surface area contributed by atoms with Gasteiger partial charge in [-0.15, -0.1) is 0 Å². The number of H-pyrrole nitrogens is 2. The molecule has 4 aliphatic carbocycles. The van der Waals surface area contributed by atoms with Crippen molar-refractivity contribution < 1.29 is 28.7 Å². The molecule has 14 nitrogen and oxygen atoms in total. The quantitative estimate of drug-likeness (QED) is 0.172. The van der Waals surface area contributed by atoms with Crippen molar-refractivity contribution in [2.45, 2.75) is 194 Å². The van der Waals surface area contributed by atoms with Gasteiger partial charge >= 0.3 is 12.2 Å². The first-order valence-corrected chi connectivity index (χ1v) is 25.5. The highest BCUT2D eigenvalue weighted by Crippen LogP contribution is 2.46. The number of aromatic nitrogens is 4. The number of nitrogens with zero attached hydrogens (tertiary/aromatic N) is 4. The van der Waals surface area contributed by atoms with Crippen LogP contribution in [-0.4, -0.2) is 90.1 Å². The second-order valence-electron chi connectivity index (χ2n) is 22.8. The fourth-order valence-electron chi connectivity index (χ4n) is 11.2. The molecule has 368 valence electrons. The standard InChI is InChI=1S/C53H80N8O6/c1-31(2)44(58-50(64)66-52(6,7)8)48(62)60-26-12-14-42(60)46-54-29-40(56-46)37-22-20-36(21-23-37)38-24-25-39(33(5)35-18-16-34(28-38)17-19-35)41-30-55-47(57-41)43-15-13-27-61(43)49(63)45(32(3)4)59-51(65)67-53(9,10)11/h24-25,29-32,34-37,42-45H,5,12-23,26-28H2,1-4,6-11H3,(H,54,56)(H,55,57)(H,58,64)(H,59,65)/b38-24+,39-25+/t34?,35?,36?,37?,42-,43-,44-,45-/m0/s1. The fourth-order valence-corrected chi connectivity index (χ4v) is 11.2. The third kappa shape index (κ3) is 12.2. The molecule has 14 heteroatoms. The van der Waals surface area contributed by atoms with Crippen LogP contribution in [0.1, 0.15) is 194 Å². The molecule has 2 aliphatic heterocycles. The zero-order chi connectivity index (χ0) is 48.4. The summed E-state index contributed by atoms with van der Waals surface area (Å²) in [5.74, 6) is 3.13. The lowest BCUT2D eigenvalue weighted by atomic mass is 9.70. The predicted octanol–water partition coefficient (Wildman–Crippen LogP) is 10.6. The average Bonchev–Trinajstić information content (AvgIpc) is 4.10. The smallest absolute Gasteiger partial charge is 0.408 e. The zero-order valence-electron chi connectivity index (χ0n) is 42.1. The van der Waals surface area contributed by atoms with E-state index in [1.54, 1.807) is 0 Å². The first-order valence-electron chi connectivity index (χ1n) is 25.5. The van der Waals surface area contributed by atoms with E-state index in [-0.39, 0.29) is 35.7 Å². The topological polar surface area (TPSA) is 175 Å². The van der Waals surface area contributed by atoms with Crippen LogP contribution in [0.3, 0.4) is 0 Å². The molecule has 2 bridgehead atoms. The van der Waals surface area contributed by atoms with Crippen molar-refractivity contribution in [1.29, 1.82) is 0 Å². The van der Waals surface area contributed by atoms with Gasteiger partial charge in [-0.1, -0.05) is 52.0 Å². The van der Waals surface area contributed by atoms with E-state index in [0.717, 1.165) is 105 Å². The molecule has 4 fully saturated rings. The lowest BCUT2D eigenvalue weighted by Crippen LogP contribution is -2.52. The number of carbonyl (C=O) groups is 4. The minimum Gasteiger partial charge on any atom is -0.444 e. The Morgan fingerprint density at radius 1 is 0.657 bits per heavy atom. The van der Waals surface area contributed by atoms with Gasteiger partial charge in [0.1, 0.15) is 34.9 Å². The van der Waals surface area contributed by atoms with Crippen molar-refractivity contribution in [1.82, 2.24) is 40.4 Å². The Morgan fingerprint density at radius 2 is 1.13 bits per heavy atom. The van der Waals surface area contributed by atoms with Crippen LogP contribution >= 0.6 is 0 Å². The minimum absolute atomic E-state index is 0.0960. The van der Waals surface area contributed by atoms with Gasteiger partial charge < -0.3 is 39.9 Å². The maximum atomic E-state index is 14.1. The van der Waals surface area contributed by atoms with Crippen LogP contribution in [0, 0.1) is 29.6 Å². The summed E-state index contributed by atoms with van der Waals surface area (Å²) in [7, 11) is 0. The molecule has 2 aromatic heterocycles. The van der Waals surface area contributed by atoms with Gasteiger partial charge in [-0.2, -0.15) is 0 Å². The Balaban J connectivity index is 1.03. The van der Waals surface area contributed by atoms with Crippen LogP contribution in [-0.2, 0) is 19.1 Å². The number of nitrogens with one attached hydrogen (secondary N) is 4. The molecule has 0 spiro atoms. The highest BCUT2D eigenvalue weighted by atomic mass is 16.6. The number of hydrogen-bond donors (Lipinski definition) is 4. The summed E-state index contributed by atoms with van der Waals surface area (Å²) in [5, 5.41) is 5.71. The van der Waals surface area contributed by atoms with E-state index >= 15 is 0 Å². The molecule has 6 aliphatic rings. The Morgan fingerprint density at radius 3 is 1.64 bits per heavy atom. The Bertz CT molecular complexity index is 2150. The van der Waals surface area contributed by atoms with Crippen molar-refractivity contribution in [3.05, 3.63) is 65.3 Å². The molecule has 4 heterocycles. The summed E-state index contributed by atoms with van der Waals surface area (Å²) in [6.07, 6.45) is 20.9. The van der Waals surface area contributed by atoms with Crippen LogP contribution < -0.4 is 10.6 Å². The first kappa shape index (κ1) is 50.0. The molecule has 8 rings (SSSR count). The monoisotopic (exact) mass is 925 g/mol. The second-order valence-corrected chi connectivity index (χ2v) is 22.8. The molecule has 67 heavy (non-hydrogen) atoms. The minimum atomic E-state index is -0.711. The van der Waals surface area contributed by atoms with Crippen molar-refractivity contribution in [2.75, 3.05) is 13.1 Å². The summed E-state index contributed by atoms with van der Waals surface area (Å²) in [5.41, 5.74) is 4.55. The lowest BCUT2D eigenvalue weighted by Gasteiger charge is -2.35. The number of imidazole rings is 2. The highest BCUT2D eigenvalue weighted by molar-refractivity contribution is 5.87. The number of ether oxygens (including phenoxy) is 2. The third-order valence-electron chi connectivity index (χ3n) is 14.8. The first-order chi connectivity index (χ1) is 31.7. The Labute approximate surface area is 399 Å². The van der Waals surface area contributed by atoms with Crippen molar-refractivity contribution in [3.8, 4) is 0 Å². The molecule has 2 saturated carbocycles. The number of amides is 4. The molecular formula is C53H80N8O6.